The highest BCUT2D eigenvalue weighted by Gasteiger charge is 2.51. The van der Waals surface area contributed by atoms with Gasteiger partial charge in [-0.1, -0.05) is 26.5 Å². The lowest BCUT2D eigenvalue weighted by molar-refractivity contribution is -0.121. The van der Waals surface area contributed by atoms with E-state index in [1.165, 1.54) is 43.0 Å². The standard InChI is InChI=1S/C24H24FN3O3S.C14H19N3O2.C10H14N2O2.C9H5FN2S.CH4.I2/c1-6-17(29)13-14-31-18-9-7-16(8-10-18)28-23(32)27(22(30)24(28,3)4)20-12-11-19(26-5)15(2)21(20)25;1-14(2,16-4)17-11-5-7-12(8-6-11)19-10-9-13(18)15-3;1-12-10(13)6-7-14-9-4-2-8(11)3-5-9;1-6-7(11-2)3-4-8(9(6)10)12-5-13;;1-2/h7-12H,6,13-14H2,1-4H3;5-8,17H,9-10H2,1-3H3,(H,15,18);2-5H,6-7,11H2,1H3,(H,12,13);3-4H,1H3;1H4;. The number of ether oxygens (including phenoxy) is 3. The maximum absolute atomic E-state index is 15.0. The van der Waals surface area contributed by atoms with Crippen molar-refractivity contribution in [1.29, 1.82) is 0 Å². The number of carbonyl (C=O) groups is 4. The lowest BCUT2D eigenvalue weighted by Gasteiger charge is -2.29. The van der Waals surface area contributed by atoms with E-state index in [2.05, 4.69) is 90.1 Å². The van der Waals surface area contributed by atoms with E-state index in [1.54, 1.807) is 81.4 Å². The number of anilines is 4. The van der Waals surface area contributed by atoms with Gasteiger partial charge in [0.1, 0.15) is 45.9 Å². The molecule has 81 heavy (non-hydrogen) atoms. The summed E-state index contributed by atoms with van der Waals surface area (Å²) >= 11 is 14.2. The predicted molar refractivity (Wildman–Crippen MR) is 343 cm³/mol. The van der Waals surface area contributed by atoms with Gasteiger partial charge in [-0.2, -0.15) is 4.99 Å². The third kappa shape index (κ3) is 22.3. The van der Waals surface area contributed by atoms with E-state index < -0.39 is 22.8 Å². The molecule has 0 saturated carbocycles. The average Bonchev–Trinajstić information content (AvgIpc) is 3.63. The van der Waals surface area contributed by atoms with Crippen molar-refractivity contribution >= 4 is 135 Å². The minimum Gasteiger partial charge on any atom is -0.493 e. The molecule has 1 saturated heterocycles. The average molecular weight is 1370 g/mol. The second kappa shape index (κ2) is 36.1. The topological polar surface area (TPSA) is 190 Å². The summed E-state index contributed by atoms with van der Waals surface area (Å²) < 4.78 is 44.7. The molecule has 1 aliphatic heterocycles. The molecule has 5 aromatic rings. The van der Waals surface area contributed by atoms with Gasteiger partial charge >= 0.3 is 0 Å². The molecule has 1 heterocycles. The molecule has 23 heteroatoms. The van der Waals surface area contributed by atoms with E-state index in [0.29, 0.717) is 79.6 Å². The zero-order valence-corrected chi connectivity index (χ0v) is 51.6. The van der Waals surface area contributed by atoms with Crippen LogP contribution in [0.3, 0.4) is 0 Å². The zero-order chi connectivity index (χ0) is 60.2. The fraction of sp³-hybridized carbons (Fsp3) is 0.328. The summed E-state index contributed by atoms with van der Waals surface area (Å²) in [5, 5.41) is 10.4. The number of carbonyl (C=O) groups excluding carboxylic acids is 4. The highest BCUT2D eigenvalue weighted by molar-refractivity contribution is 15.0. The molecule has 0 bridgehead atoms. The lowest BCUT2D eigenvalue weighted by atomic mass is 10.0. The Labute approximate surface area is 508 Å². The molecule has 0 aromatic heterocycles. The second-order valence-corrected chi connectivity index (χ2v) is 18.3. The van der Waals surface area contributed by atoms with E-state index in [-0.39, 0.29) is 58.7 Å². The number of Topliss-reactive ketones (excluding diaryl/α,β-unsaturated/α-hetero) is 1. The van der Waals surface area contributed by atoms with Crippen LogP contribution in [0.15, 0.2) is 102 Å². The molecule has 5 N–H and O–H groups in total. The van der Waals surface area contributed by atoms with Gasteiger partial charge in [0.2, 0.25) is 11.8 Å². The minimum atomic E-state index is -1.05. The quantitative estimate of drug-likeness (QED) is 0.0214. The minimum absolute atomic E-state index is 0. The van der Waals surface area contributed by atoms with Gasteiger partial charge in [0, 0.05) is 95.1 Å². The molecule has 1 fully saturated rings. The Morgan fingerprint density at radius 3 is 1.64 bits per heavy atom. The molecular weight excluding hydrogens is 1300 g/mol. The Hall–Kier alpha value is -7.34. The molecule has 0 aliphatic carbocycles. The number of halogens is 4. The largest absolute Gasteiger partial charge is 0.493 e. The number of rotatable bonds is 18. The molecule has 430 valence electrons. The Bertz CT molecular complexity index is 3110. The second-order valence-electron chi connectivity index (χ2n) is 17.7. The molecule has 0 atom stereocenters. The van der Waals surface area contributed by atoms with Gasteiger partial charge in [0.05, 0.1) is 56.7 Å². The first-order valence-electron chi connectivity index (χ1n) is 24.3. The summed E-state index contributed by atoms with van der Waals surface area (Å²) in [4.78, 5) is 62.9. The van der Waals surface area contributed by atoms with Crippen molar-refractivity contribution in [3.05, 3.63) is 154 Å². The van der Waals surface area contributed by atoms with Crippen LogP contribution >= 0.6 is 61.7 Å². The van der Waals surface area contributed by atoms with Crippen molar-refractivity contribution in [3.63, 3.8) is 0 Å². The van der Waals surface area contributed by atoms with E-state index in [4.69, 9.17) is 51.9 Å². The van der Waals surface area contributed by atoms with Crippen molar-refractivity contribution in [2.75, 3.05) is 54.8 Å². The number of nitrogen functional groups attached to an aromatic ring is 1. The fourth-order valence-corrected chi connectivity index (χ4v) is 7.43. The third-order valence-corrected chi connectivity index (χ3v) is 11.8. The van der Waals surface area contributed by atoms with Gasteiger partial charge in [-0.25, -0.2) is 25.0 Å². The van der Waals surface area contributed by atoms with Gasteiger partial charge in [0.25, 0.3) is 11.6 Å². The lowest BCUT2D eigenvalue weighted by Crippen LogP contribution is -2.44. The summed E-state index contributed by atoms with van der Waals surface area (Å²) in [7, 11) is 3.20. The van der Waals surface area contributed by atoms with Gasteiger partial charge in [-0.3, -0.25) is 28.9 Å². The monoisotopic (exact) mass is 1370 g/mol. The Morgan fingerprint density at radius 2 is 1.20 bits per heavy atom. The summed E-state index contributed by atoms with van der Waals surface area (Å²) in [5.74, 6) is 0.574. The number of ketones is 1. The van der Waals surface area contributed by atoms with Crippen LogP contribution in [0.2, 0.25) is 0 Å². The maximum atomic E-state index is 15.0. The first-order valence-corrected chi connectivity index (χ1v) is 31.4. The van der Waals surface area contributed by atoms with Crippen molar-refractivity contribution < 1.29 is 42.2 Å². The fourth-order valence-electron chi connectivity index (χ4n) is 6.82. The van der Waals surface area contributed by atoms with Crippen molar-refractivity contribution in [1.82, 2.24) is 10.6 Å². The number of aliphatic imine (C=N–C) groups is 1. The van der Waals surface area contributed by atoms with Crippen LogP contribution in [-0.4, -0.2) is 78.9 Å². The number of nitrogens with zero attached hydrogens (tertiary/aromatic N) is 6. The molecular formula is C58H66F2I2N10O7S2. The summed E-state index contributed by atoms with van der Waals surface area (Å²) in [6.45, 7) is 33.9. The van der Waals surface area contributed by atoms with E-state index in [9.17, 15) is 23.6 Å². The zero-order valence-electron chi connectivity index (χ0n) is 45.6. The SMILES string of the molecule is C.CNC(=O)CCOc1ccc(N)cc1.II.[C-]#[N+]C(C)(C)Nc1ccc(OCCC(=O)NC)cc1.[C-]#[N+]c1ccc(N2C(=O)C(C)(C)N(c3ccc(OCCC(=O)CC)cc3)C2=S)c(F)c1C.[C-]#[N+]c1ccc(N=C=S)c(F)c1C. The number of nitrogens with two attached hydrogens (primary N) is 1. The van der Waals surface area contributed by atoms with Crippen molar-refractivity contribution in [2.45, 2.75) is 92.8 Å². The van der Waals surface area contributed by atoms with Crippen LogP contribution < -0.4 is 45.7 Å². The predicted octanol–water partition coefficient (Wildman–Crippen LogP) is 14.2. The molecule has 17 nitrogen and oxygen atoms in total. The van der Waals surface area contributed by atoms with Crippen LogP contribution in [0, 0.1) is 45.2 Å². The van der Waals surface area contributed by atoms with Crippen LogP contribution in [0.5, 0.6) is 17.2 Å². The Morgan fingerprint density at radius 1 is 0.753 bits per heavy atom. The van der Waals surface area contributed by atoms with Crippen LogP contribution in [0.1, 0.15) is 78.9 Å². The molecule has 5 aromatic carbocycles. The highest BCUT2D eigenvalue weighted by Crippen LogP contribution is 2.39. The summed E-state index contributed by atoms with van der Waals surface area (Å²) in [6.07, 6.45) is 1.53. The first-order chi connectivity index (χ1) is 38.0. The van der Waals surface area contributed by atoms with Crippen molar-refractivity contribution in [2.24, 2.45) is 4.99 Å². The van der Waals surface area contributed by atoms with Gasteiger partial charge in [-0.05, 0) is 148 Å². The number of hydrogen-bond acceptors (Lipinski definition) is 12. The maximum Gasteiger partial charge on any atom is 0.299 e. The first kappa shape index (κ1) is 71.7. The van der Waals surface area contributed by atoms with E-state index in [1.807, 2.05) is 45.0 Å². The Kier molecular flexibility index (Phi) is 31.9. The number of isothiocyanates is 1. The Balaban J connectivity index is 0.000000572. The number of amides is 3. The van der Waals surface area contributed by atoms with Gasteiger partial charge in [-0.15, -0.1) is 0 Å². The van der Waals surface area contributed by atoms with Crippen LogP contribution in [0.25, 0.3) is 14.5 Å². The smallest absolute Gasteiger partial charge is 0.299 e. The van der Waals surface area contributed by atoms with Crippen LogP contribution in [-0.2, 0) is 19.2 Å². The molecule has 3 amide bonds. The van der Waals surface area contributed by atoms with E-state index in [0.717, 1.165) is 11.4 Å². The summed E-state index contributed by atoms with van der Waals surface area (Å²) in [5.41, 5.74) is 7.15. The van der Waals surface area contributed by atoms with Gasteiger partial charge in [0.15, 0.2) is 16.5 Å². The molecule has 1 aliphatic rings. The molecule has 0 unspecified atom stereocenters. The molecule has 6 rings (SSSR count). The third-order valence-electron chi connectivity index (χ3n) is 11.3. The number of hydrogen-bond donors (Lipinski definition) is 4. The number of thiocarbonyl (C=S) groups is 2. The van der Waals surface area contributed by atoms with Gasteiger partial charge < -0.3 is 40.8 Å². The number of nitrogens with one attached hydrogen (secondary N) is 3. The summed E-state index contributed by atoms with van der Waals surface area (Å²) in [6, 6.07) is 27.2. The highest BCUT2D eigenvalue weighted by atomic mass is 128. The van der Waals surface area contributed by atoms with Crippen LogP contribution in [0.4, 0.5) is 48.6 Å². The normalized spacial score (nSPS) is 11.5. The van der Waals surface area contributed by atoms with Crippen molar-refractivity contribution in [3.8, 4) is 17.2 Å². The van der Waals surface area contributed by atoms with E-state index >= 15 is 4.39 Å². The molecule has 0 radical (unpaired) electrons. The number of benzene rings is 5. The molecule has 0 spiro atoms.